The molecule has 10 heteroatoms. The van der Waals surface area contributed by atoms with Crippen LogP contribution in [0.15, 0.2) is 29.2 Å². The van der Waals surface area contributed by atoms with E-state index in [2.05, 4.69) is 5.32 Å². The van der Waals surface area contributed by atoms with Crippen LogP contribution in [0.5, 0.6) is 5.75 Å². The van der Waals surface area contributed by atoms with Crippen LogP contribution in [0.4, 0.5) is 0 Å². The molecule has 9 nitrogen and oxygen atoms in total. The Morgan fingerprint density at radius 1 is 1.15 bits per heavy atom. The number of benzene rings is 1. The summed E-state index contributed by atoms with van der Waals surface area (Å²) in [6.45, 7) is 0.850. The number of ether oxygens (including phenoxy) is 3. The van der Waals surface area contributed by atoms with E-state index in [9.17, 15) is 18.0 Å². The average Bonchev–Trinajstić information content (AvgIpc) is 3.10. The highest BCUT2D eigenvalue weighted by atomic mass is 32.2. The first-order chi connectivity index (χ1) is 15.9. The van der Waals surface area contributed by atoms with E-state index in [1.165, 1.54) is 42.5 Å². The Morgan fingerprint density at radius 2 is 1.85 bits per heavy atom. The molecule has 2 aliphatic rings. The number of morpholine rings is 1. The monoisotopic (exact) mass is 480 g/mol. The number of hydrogen-bond donors (Lipinski definition) is 1. The van der Waals surface area contributed by atoms with E-state index >= 15 is 0 Å². The Labute approximate surface area is 195 Å². The van der Waals surface area contributed by atoms with E-state index in [4.69, 9.17) is 14.2 Å². The molecule has 1 heterocycles. The molecule has 0 spiro atoms. The van der Waals surface area contributed by atoms with E-state index in [-0.39, 0.29) is 42.3 Å². The van der Waals surface area contributed by atoms with Gasteiger partial charge in [-0.1, -0.05) is 31.7 Å². The molecule has 3 rings (SSSR count). The van der Waals surface area contributed by atoms with Crippen molar-refractivity contribution in [3.63, 3.8) is 0 Å². The van der Waals surface area contributed by atoms with Gasteiger partial charge in [-0.3, -0.25) is 4.79 Å². The molecule has 1 aromatic rings. The minimum atomic E-state index is -3.78. The van der Waals surface area contributed by atoms with E-state index in [0.717, 1.165) is 25.7 Å². The van der Waals surface area contributed by atoms with Gasteiger partial charge in [0.1, 0.15) is 10.6 Å². The lowest BCUT2D eigenvalue weighted by molar-refractivity contribution is -0.144. The second-order valence-corrected chi connectivity index (χ2v) is 10.0. The lowest BCUT2D eigenvalue weighted by Crippen LogP contribution is -2.40. The van der Waals surface area contributed by atoms with Gasteiger partial charge in [-0.25, -0.2) is 13.2 Å². The maximum atomic E-state index is 13.0. The summed E-state index contributed by atoms with van der Waals surface area (Å²) >= 11 is 0. The first-order valence-corrected chi connectivity index (χ1v) is 12.7. The summed E-state index contributed by atoms with van der Waals surface area (Å²) < 4.78 is 43.0. The Morgan fingerprint density at radius 3 is 2.52 bits per heavy atom. The summed E-state index contributed by atoms with van der Waals surface area (Å²) in [6.07, 6.45) is 9.09. The number of esters is 1. The van der Waals surface area contributed by atoms with Crippen molar-refractivity contribution in [1.82, 2.24) is 9.62 Å². The van der Waals surface area contributed by atoms with E-state index in [0.29, 0.717) is 18.8 Å². The zero-order chi connectivity index (χ0) is 23.7. The molecule has 1 aromatic carbocycles. The number of methoxy groups -OCH3 is 1. The van der Waals surface area contributed by atoms with Crippen molar-refractivity contribution in [2.24, 2.45) is 0 Å². The molecule has 0 atom stereocenters. The zero-order valence-electron chi connectivity index (χ0n) is 19.0. The summed E-state index contributed by atoms with van der Waals surface area (Å²) in [4.78, 5) is 24.2. The van der Waals surface area contributed by atoms with Crippen LogP contribution in [0.1, 0.15) is 44.1 Å². The molecule has 0 unspecified atom stereocenters. The van der Waals surface area contributed by atoms with Crippen LogP contribution in [0, 0.1) is 0 Å². The SMILES string of the molecule is COc1ccc(/C=C/C(=O)OCC(=O)NC2CCCCCC2)cc1S(=O)(=O)N1CCOCC1. The van der Waals surface area contributed by atoms with Crippen LogP contribution in [-0.2, 0) is 29.1 Å². The molecule has 0 radical (unpaired) electrons. The molecule has 1 saturated carbocycles. The van der Waals surface area contributed by atoms with Crippen LogP contribution in [0.2, 0.25) is 0 Å². The highest BCUT2D eigenvalue weighted by Gasteiger charge is 2.29. The predicted octanol–water partition coefficient (Wildman–Crippen LogP) is 2.11. The van der Waals surface area contributed by atoms with Gasteiger partial charge in [0.2, 0.25) is 10.0 Å². The number of sulfonamides is 1. The minimum Gasteiger partial charge on any atom is -0.495 e. The maximum Gasteiger partial charge on any atom is 0.331 e. The zero-order valence-corrected chi connectivity index (χ0v) is 19.8. The van der Waals surface area contributed by atoms with Gasteiger partial charge in [0.25, 0.3) is 5.91 Å². The quantitative estimate of drug-likeness (QED) is 0.345. The van der Waals surface area contributed by atoms with Crippen molar-refractivity contribution in [3.8, 4) is 5.75 Å². The summed E-state index contributed by atoms with van der Waals surface area (Å²) in [5.74, 6) is -0.775. The van der Waals surface area contributed by atoms with Crippen molar-refractivity contribution in [2.45, 2.75) is 49.5 Å². The fourth-order valence-electron chi connectivity index (χ4n) is 3.97. The van der Waals surface area contributed by atoms with Gasteiger partial charge in [0, 0.05) is 25.2 Å². The Bertz CT molecular complexity index is 948. The summed E-state index contributed by atoms with van der Waals surface area (Å²) in [7, 11) is -2.38. The molecule has 1 saturated heterocycles. The summed E-state index contributed by atoms with van der Waals surface area (Å²) in [6, 6.07) is 4.77. The van der Waals surface area contributed by atoms with Gasteiger partial charge < -0.3 is 19.5 Å². The number of amides is 1. The number of carbonyl (C=O) groups is 2. The maximum absolute atomic E-state index is 13.0. The van der Waals surface area contributed by atoms with Crippen LogP contribution in [0.3, 0.4) is 0 Å². The van der Waals surface area contributed by atoms with Gasteiger partial charge in [0.05, 0.1) is 20.3 Å². The van der Waals surface area contributed by atoms with Crippen LogP contribution >= 0.6 is 0 Å². The molecular formula is C23H32N2O7S. The van der Waals surface area contributed by atoms with Crippen molar-refractivity contribution in [3.05, 3.63) is 29.8 Å². The molecule has 33 heavy (non-hydrogen) atoms. The number of hydrogen-bond acceptors (Lipinski definition) is 7. The topological polar surface area (TPSA) is 111 Å². The third-order valence-corrected chi connectivity index (χ3v) is 7.67. The van der Waals surface area contributed by atoms with E-state index in [1.807, 2.05) is 0 Å². The number of nitrogens with one attached hydrogen (secondary N) is 1. The summed E-state index contributed by atoms with van der Waals surface area (Å²) in [5.41, 5.74) is 0.488. The fraction of sp³-hybridized carbons (Fsp3) is 0.565. The smallest absolute Gasteiger partial charge is 0.331 e. The van der Waals surface area contributed by atoms with Gasteiger partial charge in [-0.05, 0) is 36.6 Å². The Kier molecular flexibility index (Phi) is 9.28. The molecule has 1 aliphatic heterocycles. The molecule has 1 aliphatic carbocycles. The second-order valence-electron chi connectivity index (χ2n) is 8.12. The predicted molar refractivity (Wildman–Crippen MR) is 122 cm³/mol. The van der Waals surface area contributed by atoms with E-state index < -0.39 is 16.0 Å². The third-order valence-electron chi connectivity index (χ3n) is 5.75. The second kappa shape index (κ2) is 12.2. The standard InChI is InChI=1S/C23H32N2O7S/c1-30-20-10-8-18(16-21(20)33(28,29)25-12-14-31-15-13-25)9-11-23(27)32-17-22(26)24-19-6-4-2-3-5-7-19/h8-11,16,19H,2-7,12-15,17H2,1H3,(H,24,26)/b11-9+. The molecular weight excluding hydrogens is 448 g/mol. The number of nitrogens with zero attached hydrogens (tertiary/aromatic N) is 1. The summed E-state index contributed by atoms with van der Waals surface area (Å²) in [5, 5.41) is 2.92. The average molecular weight is 481 g/mol. The van der Waals surface area contributed by atoms with Gasteiger partial charge >= 0.3 is 5.97 Å². The van der Waals surface area contributed by atoms with Crippen LogP contribution < -0.4 is 10.1 Å². The molecule has 182 valence electrons. The van der Waals surface area contributed by atoms with Crippen molar-refractivity contribution in [1.29, 1.82) is 0 Å². The van der Waals surface area contributed by atoms with Crippen molar-refractivity contribution < 1.29 is 32.2 Å². The van der Waals surface area contributed by atoms with Gasteiger partial charge in [-0.15, -0.1) is 0 Å². The van der Waals surface area contributed by atoms with E-state index in [1.54, 1.807) is 12.1 Å². The number of carbonyl (C=O) groups excluding carboxylic acids is 2. The highest BCUT2D eigenvalue weighted by Crippen LogP contribution is 2.29. The molecule has 0 aromatic heterocycles. The Hall–Kier alpha value is -2.43. The lowest BCUT2D eigenvalue weighted by Gasteiger charge is -2.26. The van der Waals surface area contributed by atoms with Gasteiger partial charge in [0.15, 0.2) is 6.61 Å². The largest absolute Gasteiger partial charge is 0.495 e. The fourth-order valence-corrected chi connectivity index (χ4v) is 5.57. The molecule has 0 bridgehead atoms. The highest BCUT2D eigenvalue weighted by molar-refractivity contribution is 7.89. The molecule has 2 fully saturated rings. The minimum absolute atomic E-state index is 0.0187. The first kappa shape index (κ1) is 25.2. The molecule has 1 N–H and O–H groups in total. The number of rotatable bonds is 8. The van der Waals surface area contributed by atoms with Gasteiger partial charge in [-0.2, -0.15) is 4.31 Å². The van der Waals surface area contributed by atoms with Crippen molar-refractivity contribution in [2.75, 3.05) is 40.0 Å². The normalized spacial score (nSPS) is 18.6. The van der Waals surface area contributed by atoms with Crippen molar-refractivity contribution >= 4 is 28.0 Å². The third kappa shape index (κ3) is 7.28. The first-order valence-electron chi connectivity index (χ1n) is 11.3. The lowest BCUT2D eigenvalue weighted by atomic mass is 10.1. The van der Waals surface area contributed by atoms with Crippen LogP contribution in [-0.4, -0.2) is 70.7 Å². The Balaban J connectivity index is 1.59. The molecule has 1 amide bonds. The van der Waals surface area contributed by atoms with Crippen LogP contribution in [0.25, 0.3) is 6.08 Å².